The number of pyridine rings is 1. The van der Waals surface area contributed by atoms with Crippen LogP contribution in [0, 0.1) is 19.8 Å². The summed E-state index contributed by atoms with van der Waals surface area (Å²) in [5, 5.41) is 2.92. The smallest absolute Gasteiger partial charge is 0.268 e. The molecule has 1 aliphatic heterocycles. The zero-order valence-electron chi connectivity index (χ0n) is 17.0. The van der Waals surface area contributed by atoms with E-state index in [4.69, 9.17) is 5.73 Å². The molecule has 0 atom stereocenters. The molecule has 1 aliphatic rings. The normalized spacial score (nSPS) is 14.7. The second kappa shape index (κ2) is 8.46. The zero-order chi connectivity index (χ0) is 21.1. The average molecular weight is 397 g/mol. The summed E-state index contributed by atoms with van der Waals surface area (Å²) in [6.45, 7) is 6.76. The van der Waals surface area contributed by atoms with Gasteiger partial charge in [-0.25, -0.2) is 4.98 Å². The van der Waals surface area contributed by atoms with E-state index in [1.54, 1.807) is 20.0 Å². The number of nitrogens with one attached hydrogen (secondary N) is 2. The molecule has 4 N–H and O–H groups in total. The van der Waals surface area contributed by atoms with E-state index >= 15 is 0 Å². The lowest BCUT2D eigenvalue weighted by atomic mass is 9.96. The summed E-state index contributed by atoms with van der Waals surface area (Å²) in [6, 6.07) is 3.76. The van der Waals surface area contributed by atoms with Crippen LogP contribution in [-0.4, -0.2) is 40.7 Å². The first-order valence-corrected chi connectivity index (χ1v) is 9.76. The Labute approximate surface area is 169 Å². The SMILES string of the molecule is CC(=O)c1c(C)[nH]c(C(=O)NCc2cccnc2N2CCC(C(N)=O)CC2)c1C. The van der Waals surface area contributed by atoms with E-state index in [2.05, 4.69) is 20.2 Å². The average Bonchev–Trinajstić information content (AvgIpc) is 3.00. The van der Waals surface area contributed by atoms with Gasteiger partial charge in [0.2, 0.25) is 5.91 Å². The topological polar surface area (TPSA) is 121 Å². The molecule has 3 heterocycles. The van der Waals surface area contributed by atoms with Crippen LogP contribution >= 0.6 is 0 Å². The third-order valence-electron chi connectivity index (χ3n) is 5.52. The summed E-state index contributed by atoms with van der Waals surface area (Å²) in [5.74, 6) is 0.136. The van der Waals surface area contributed by atoms with Crippen molar-refractivity contribution >= 4 is 23.4 Å². The number of H-pyrrole nitrogens is 1. The number of aryl methyl sites for hydroxylation is 1. The number of carbonyl (C=O) groups excluding carboxylic acids is 3. The van der Waals surface area contributed by atoms with Crippen molar-refractivity contribution in [3.63, 3.8) is 0 Å². The van der Waals surface area contributed by atoms with Crippen LogP contribution in [0.3, 0.4) is 0 Å². The number of aromatic nitrogens is 2. The number of primary amides is 1. The van der Waals surface area contributed by atoms with E-state index < -0.39 is 0 Å². The molecule has 29 heavy (non-hydrogen) atoms. The van der Waals surface area contributed by atoms with Gasteiger partial charge < -0.3 is 20.9 Å². The highest BCUT2D eigenvalue weighted by atomic mass is 16.2. The molecule has 0 aliphatic carbocycles. The van der Waals surface area contributed by atoms with Gasteiger partial charge in [-0.1, -0.05) is 6.07 Å². The highest BCUT2D eigenvalue weighted by Gasteiger charge is 2.25. The van der Waals surface area contributed by atoms with E-state index in [9.17, 15) is 14.4 Å². The predicted octanol–water partition coefficient (Wildman–Crippen LogP) is 1.86. The predicted molar refractivity (Wildman–Crippen MR) is 110 cm³/mol. The number of hydrogen-bond acceptors (Lipinski definition) is 5. The second-order valence-electron chi connectivity index (χ2n) is 7.51. The van der Waals surface area contributed by atoms with E-state index in [-0.39, 0.29) is 23.5 Å². The van der Waals surface area contributed by atoms with Crippen LogP contribution < -0.4 is 16.0 Å². The molecule has 2 aromatic heterocycles. The highest BCUT2D eigenvalue weighted by molar-refractivity contribution is 6.02. The molecule has 1 fully saturated rings. The molecular formula is C21H27N5O3. The number of piperidine rings is 1. The summed E-state index contributed by atoms with van der Waals surface area (Å²) >= 11 is 0. The number of anilines is 1. The number of aromatic amines is 1. The standard InChI is InChI=1S/C21H27N5O3/c1-12-17(14(3)27)13(2)25-18(12)21(29)24-11-16-5-4-8-23-20(16)26-9-6-15(7-10-26)19(22)28/h4-5,8,15,25H,6-7,9-11H2,1-3H3,(H2,22,28)(H,24,29). The minimum atomic E-state index is -0.264. The fraction of sp³-hybridized carbons (Fsp3) is 0.429. The van der Waals surface area contributed by atoms with Crippen molar-refractivity contribution in [2.75, 3.05) is 18.0 Å². The molecule has 0 spiro atoms. The van der Waals surface area contributed by atoms with Crippen LogP contribution in [-0.2, 0) is 11.3 Å². The van der Waals surface area contributed by atoms with Crippen molar-refractivity contribution in [2.24, 2.45) is 11.7 Å². The van der Waals surface area contributed by atoms with E-state index in [1.165, 1.54) is 6.92 Å². The van der Waals surface area contributed by atoms with Crippen molar-refractivity contribution < 1.29 is 14.4 Å². The lowest BCUT2D eigenvalue weighted by molar-refractivity contribution is -0.122. The lowest BCUT2D eigenvalue weighted by Crippen LogP contribution is -2.39. The Bertz CT molecular complexity index is 942. The third-order valence-corrected chi connectivity index (χ3v) is 5.52. The maximum atomic E-state index is 12.7. The zero-order valence-corrected chi connectivity index (χ0v) is 17.0. The van der Waals surface area contributed by atoms with Crippen molar-refractivity contribution in [1.29, 1.82) is 0 Å². The molecule has 2 aromatic rings. The van der Waals surface area contributed by atoms with Gasteiger partial charge in [-0.15, -0.1) is 0 Å². The first-order chi connectivity index (χ1) is 13.8. The van der Waals surface area contributed by atoms with Crippen molar-refractivity contribution in [3.8, 4) is 0 Å². The largest absolute Gasteiger partial charge is 0.369 e. The first kappa shape index (κ1) is 20.6. The summed E-state index contributed by atoms with van der Waals surface area (Å²) < 4.78 is 0. The Hall–Kier alpha value is -3.16. The molecule has 3 rings (SSSR count). The van der Waals surface area contributed by atoms with Gasteiger partial charge in [-0.3, -0.25) is 14.4 Å². The first-order valence-electron chi connectivity index (χ1n) is 9.76. The molecule has 2 amide bonds. The number of amides is 2. The summed E-state index contributed by atoms with van der Waals surface area (Å²) in [5.41, 5.74) is 8.63. The third kappa shape index (κ3) is 4.31. The van der Waals surface area contributed by atoms with Gasteiger partial charge in [0.05, 0.1) is 0 Å². The van der Waals surface area contributed by atoms with E-state index in [1.807, 2.05) is 12.1 Å². The van der Waals surface area contributed by atoms with Crippen LogP contribution in [0.5, 0.6) is 0 Å². The highest BCUT2D eigenvalue weighted by Crippen LogP contribution is 2.25. The molecular weight excluding hydrogens is 370 g/mol. The number of Topliss-reactive ketones (excluding diaryl/α,β-unsaturated/α-hetero) is 1. The number of ketones is 1. The van der Waals surface area contributed by atoms with Gasteiger partial charge in [-0.05, 0) is 45.2 Å². The van der Waals surface area contributed by atoms with Crippen LogP contribution in [0.2, 0.25) is 0 Å². The number of nitrogens with two attached hydrogens (primary N) is 1. The van der Waals surface area contributed by atoms with Crippen molar-refractivity contribution in [3.05, 3.63) is 46.4 Å². The minimum Gasteiger partial charge on any atom is -0.369 e. The van der Waals surface area contributed by atoms with Gasteiger partial charge in [0, 0.05) is 48.6 Å². The van der Waals surface area contributed by atoms with Crippen molar-refractivity contribution in [2.45, 2.75) is 40.2 Å². The number of hydrogen-bond donors (Lipinski definition) is 3. The quantitative estimate of drug-likeness (QED) is 0.643. The monoisotopic (exact) mass is 397 g/mol. The van der Waals surface area contributed by atoms with Gasteiger partial charge in [0.1, 0.15) is 11.5 Å². The Morgan fingerprint density at radius 2 is 1.97 bits per heavy atom. The van der Waals surface area contributed by atoms with Gasteiger partial charge in [-0.2, -0.15) is 0 Å². The molecule has 0 unspecified atom stereocenters. The lowest BCUT2D eigenvalue weighted by Gasteiger charge is -2.32. The Kier molecular flexibility index (Phi) is 6.00. The molecule has 0 aromatic carbocycles. The van der Waals surface area contributed by atoms with E-state index in [0.29, 0.717) is 55.0 Å². The second-order valence-corrected chi connectivity index (χ2v) is 7.51. The van der Waals surface area contributed by atoms with Crippen LogP contribution in [0.1, 0.15) is 57.4 Å². The van der Waals surface area contributed by atoms with Crippen LogP contribution in [0.4, 0.5) is 5.82 Å². The summed E-state index contributed by atoms with van der Waals surface area (Å²) in [4.78, 5) is 45.5. The molecule has 0 radical (unpaired) electrons. The maximum Gasteiger partial charge on any atom is 0.268 e. The van der Waals surface area contributed by atoms with Gasteiger partial charge >= 0.3 is 0 Å². The molecule has 154 valence electrons. The van der Waals surface area contributed by atoms with Crippen molar-refractivity contribution in [1.82, 2.24) is 15.3 Å². The number of rotatable bonds is 6. The Morgan fingerprint density at radius 3 is 2.55 bits per heavy atom. The fourth-order valence-electron chi connectivity index (χ4n) is 4.00. The molecule has 0 saturated carbocycles. The number of carbonyl (C=O) groups is 3. The number of nitrogens with zero attached hydrogens (tertiary/aromatic N) is 2. The Balaban J connectivity index is 1.71. The molecule has 0 bridgehead atoms. The van der Waals surface area contributed by atoms with Gasteiger partial charge in [0.25, 0.3) is 5.91 Å². The maximum absolute atomic E-state index is 12.7. The summed E-state index contributed by atoms with van der Waals surface area (Å²) in [7, 11) is 0. The van der Waals surface area contributed by atoms with Crippen LogP contribution in [0.15, 0.2) is 18.3 Å². The fourth-order valence-corrected chi connectivity index (χ4v) is 4.00. The van der Waals surface area contributed by atoms with Crippen LogP contribution in [0.25, 0.3) is 0 Å². The summed E-state index contributed by atoms with van der Waals surface area (Å²) in [6.07, 6.45) is 3.12. The van der Waals surface area contributed by atoms with Gasteiger partial charge in [0.15, 0.2) is 5.78 Å². The molecule has 8 heteroatoms. The molecule has 8 nitrogen and oxygen atoms in total. The van der Waals surface area contributed by atoms with E-state index in [0.717, 1.165) is 11.4 Å². The minimum absolute atomic E-state index is 0.0655. The Morgan fingerprint density at radius 1 is 1.28 bits per heavy atom. The molecule has 1 saturated heterocycles.